The van der Waals surface area contributed by atoms with E-state index in [9.17, 15) is 4.79 Å². The number of hydrogen-bond donors (Lipinski definition) is 1. The van der Waals surface area contributed by atoms with E-state index in [-0.39, 0.29) is 12.5 Å². The van der Waals surface area contributed by atoms with Gasteiger partial charge in [-0.25, -0.2) is 4.98 Å². The number of hydrogen-bond acceptors (Lipinski definition) is 3. The van der Waals surface area contributed by atoms with Gasteiger partial charge in [0.2, 0.25) is 0 Å². The maximum Gasteiger partial charge on any atom is 0.263 e. The van der Waals surface area contributed by atoms with Gasteiger partial charge in [0, 0.05) is 11.8 Å². The Balaban J connectivity index is 1.67. The molecule has 0 bridgehead atoms. The molecular formula is C23H21N3O2. The molecule has 0 saturated heterocycles. The van der Waals surface area contributed by atoms with Crippen LogP contribution in [-0.4, -0.2) is 21.9 Å². The molecule has 0 atom stereocenters. The smallest absolute Gasteiger partial charge is 0.263 e. The van der Waals surface area contributed by atoms with Crippen molar-refractivity contribution in [3.63, 3.8) is 0 Å². The third-order valence-corrected chi connectivity index (χ3v) is 4.55. The molecule has 1 amide bonds. The van der Waals surface area contributed by atoms with E-state index < -0.39 is 0 Å². The first-order valence-electron chi connectivity index (χ1n) is 9.14. The van der Waals surface area contributed by atoms with Crippen LogP contribution in [-0.2, 0) is 4.79 Å². The van der Waals surface area contributed by atoms with Crippen molar-refractivity contribution < 1.29 is 9.53 Å². The van der Waals surface area contributed by atoms with Crippen molar-refractivity contribution in [3.8, 4) is 17.0 Å². The summed E-state index contributed by atoms with van der Waals surface area (Å²) in [6.07, 6.45) is 1.92. The van der Waals surface area contributed by atoms with Crippen LogP contribution in [0.25, 0.3) is 16.9 Å². The molecule has 28 heavy (non-hydrogen) atoms. The predicted molar refractivity (Wildman–Crippen MR) is 111 cm³/mol. The van der Waals surface area contributed by atoms with Gasteiger partial charge in [0.25, 0.3) is 5.91 Å². The number of carbonyl (C=O) groups excluding carboxylic acids is 1. The standard InChI is InChI=1S/C23H21N3O2/c1-16-12-13-26-20(14-16)24-22(19-11-7-6-8-17(19)2)23(26)25-21(27)15-28-18-9-4-3-5-10-18/h3-14H,15H2,1-2H3,(H,25,27). The summed E-state index contributed by atoms with van der Waals surface area (Å²) in [5.74, 6) is 1.07. The van der Waals surface area contributed by atoms with Gasteiger partial charge >= 0.3 is 0 Å². The minimum Gasteiger partial charge on any atom is -0.484 e. The second-order valence-electron chi connectivity index (χ2n) is 6.71. The third-order valence-electron chi connectivity index (χ3n) is 4.55. The lowest BCUT2D eigenvalue weighted by molar-refractivity contribution is -0.118. The molecule has 0 aliphatic carbocycles. The van der Waals surface area contributed by atoms with Gasteiger partial charge in [0.1, 0.15) is 22.9 Å². The van der Waals surface area contributed by atoms with Crippen LogP contribution in [0.1, 0.15) is 11.1 Å². The van der Waals surface area contributed by atoms with E-state index in [0.717, 1.165) is 28.0 Å². The molecule has 0 aliphatic heterocycles. The lowest BCUT2D eigenvalue weighted by Gasteiger charge is -2.10. The number of anilines is 1. The number of fused-ring (bicyclic) bond motifs is 1. The van der Waals surface area contributed by atoms with Crippen molar-refractivity contribution in [2.75, 3.05) is 11.9 Å². The van der Waals surface area contributed by atoms with Crippen LogP contribution in [0, 0.1) is 13.8 Å². The van der Waals surface area contributed by atoms with Crippen molar-refractivity contribution in [3.05, 3.63) is 84.1 Å². The van der Waals surface area contributed by atoms with Crippen LogP contribution in [0.3, 0.4) is 0 Å². The third kappa shape index (κ3) is 3.60. The van der Waals surface area contributed by atoms with E-state index in [4.69, 9.17) is 9.72 Å². The molecule has 0 radical (unpaired) electrons. The molecule has 4 aromatic rings. The Morgan fingerprint density at radius 2 is 1.79 bits per heavy atom. The summed E-state index contributed by atoms with van der Waals surface area (Å²) >= 11 is 0. The zero-order valence-electron chi connectivity index (χ0n) is 15.8. The van der Waals surface area contributed by atoms with Crippen LogP contribution >= 0.6 is 0 Å². The summed E-state index contributed by atoms with van der Waals surface area (Å²) in [6, 6.07) is 21.3. The van der Waals surface area contributed by atoms with Crippen molar-refractivity contribution in [2.45, 2.75) is 13.8 Å². The van der Waals surface area contributed by atoms with E-state index in [1.165, 1.54) is 0 Å². The normalized spacial score (nSPS) is 10.8. The van der Waals surface area contributed by atoms with Crippen molar-refractivity contribution in [1.29, 1.82) is 0 Å². The number of para-hydroxylation sites is 1. The second-order valence-corrected chi connectivity index (χ2v) is 6.71. The highest BCUT2D eigenvalue weighted by molar-refractivity contribution is 5.95. The summed E-state index contributed by atoms with van der Waals surface area (Å²) in [7, 11) is 0. The molecule has 5 nitrogen and oxygen atoms in total. The highest BCUT2D eigenvalue weighted by Gasteiger charge is 2.18. The highest BCUT2D eigenvalue weighted by Crippen LogP contribution is 2.31. The number of aryl methyl sites for hydroxylation is 2. The fraction of sp³-hybridized carbons (Fsp3) is 0.130. The number of carbonyl (C=O) groups is 1. The first-order valence-corrected chi connectivity index (χ1v) is 9.14. The molecule has 2 aromatic heterocycles. The zero-order chi connectivity index (χ0) is 19.5. The number of rotatable bonds is 5. The summed E-state index contributed by atoms with van der Waals surface area (Å²) in [6.45, 7) is 3.99. The number of ether oxygens (including phenoxy) is 1. The lowest BCUT2D eigenvalue weighted by Crippen LogP contribution is -2.21. The molecule has 0 saturated carbocycles. The number of nitrogens with zero attached hydrogens (tertiary/aromatic N) is 2. The van der Waals surface area contributed by atoms with Gasteiger partial charge in [-0.05, 0) is 49.2 Å². The van der Waals surface area contributed by atoms with E-state index >= 15 is 0 Å². The van der Waals surface area contributed by atoms with Crippen molar-refractivity contribution in [2.24, 2.45) is 0 Å². The van der Waals surface area contributed by atoms with E-state index in [1.807, 2.05) is 91.2 Å². The van der Waals surface area contributed by atoms with E-state index in [1.54, 1.807) is 0 Å². The Labute approximate surface area is 163 Å². The molecule has 4 rings (SSSR count). The number of imidazole rings is 1. The average molecular weight is 371 g/mol. The number of amides is 1. The van der Waals surface area contributed by atoms with Crippen molar-refractivity contribution >= 4 is 17.4 Å². The van der Waals surface area contributed by atoms with Crippen LogP contribution < -0.4 is 10.1 Å². The van der Waals surface area contributed by atoms with E-state index in [2.05, 4.69) is 5.32 Å². The Morgan fingerprint density at radius 3 is 2.57 bits per heavy atom. The van der Waals surface area contributed by atoms with Crippen molar-refractivity contribution in [1.82, 2.24) is 9.38 Å². The van der Waals surface area contributed by atoms with E-state index in [0.29, 0.717) is 11.6 Å². The summed E-state index contributed by atoms with van der Waals surface area (Å²) in [4.78, 5) is 17.4. The number of pyridine rings is 1. The molecule has 5 heteroatoms. The van der Waals surface area contributed by atoms with Gasteiger partial charge in [-0.1, -0.05) is 42.5 Å². The molecule has 1 N–H and O–H groups in total. The first kappa shape index (κ1) is 17.8. The largest absolute Gasteiger partial charge is 0.484 e. The van der Waals surface area contributed by atoms with Gasteiger partial charge in [0.05, 0.1) is 0 Å². The molecule has 0 spiro atoms. The fourth-order valence-electron chi connectivity index (χ4n) is 3.13. The minimum atomic E-state index is -0.235. The maximum absolute atomic E-state index is 12.6. The molecule has 0 aliphatic rings. The topological polar surface area (TPSA) is 55.6 Å². The summed E-state index contributed by atoms with van der Waals surface area (Å²) < 4.78 is 7.47. The fourth-order valence-corrected chi connectivity index (χ4v) is 3.13. The zero-order valence-corrected chi connectivity index (χ0v) is 15.8. The number of aromatic nitrogens is 2. The van der Waals surface area contributed by atoms with Gasteiger partial charge in [-0.15, -0.1) is 0 Å². The van der Waals surface area contributed by atoms with Gasteiger partial charge < -0.3 is 10.1 Å². The summed E-state index contributed by atoms with van der Waals surface area (Å²) in [5, 5.41) is 2.99. The number of nitrogens with one attached hydrogen (secondary N) is 1. The van der Waals surface area contributed by atoms with Gasteiger partial charge in [-0.3, -0.25) is 9.20 Å². The molecule has 0 fully saturated rings. The van der Waals surface area contributed by atoms with Gasteiger partial charge in [-0.2, -0.15) is 0 Å². The monoisotopic (exact) mass is 371 g/mol. The second kappa shape index (κ2) is 7.56. The number of benzene rings is 2. The quantitative estimate of drug-likeness (QED) is 0.556. The molecule has 140 valence electrons. The van der Waals surface area contributed by atoms with Crippen LogP contribution in [0.4, 0.5) is 5.82 Å². The van der Waals surface area contributed by atoms with Gasteiger partial charge in [0.15, 0.2) is 6.61 Å². The Morgan fingerprint density at radius 1 is 1.04 bits per heavy atom. The summed E-state index contributed by atoms with van der Waals surface area (Å²) in [5.41, 5.74) is 4.73. The van der Waals surface area contributed by atoms with Crippen LogP contribution in [0.5, 0.6) is 5.75 Å². The minimum absolute atomic E-state index is 0.0731. The average Bonchev–Trinajstić information content (AvgIpc) is 3.04. The predicted octanol–water partition coefficient (Wildman–Crippen LogP) is 4.64. The van der Waals surface area contributed by atoms with Crippen LogP contribution in [0.2, 0.25) is 0 Å². The molecular weight excluding hydrogens is 350 g/mol. The Kier molecular flexibility index (Phi) is 4.81. The Hall–Kier alpha value is -3.60. The molecule has 2 heterocycles. The first-order chi connectivity index (χ1) is 13.6. The lowest BCUT2D eigenvalue weighted by atomic mass is 10.1. The highest BCUT2D eigenvalue weighted by atomic mass is 16.5. The van der Waals surface area contributed by atoms with Crippen LogP contribution in [0.15, 0.2) is 72.9 Å². The molecule has 0 unspecified atom stereocenters. The SMILES string of the molecule is Cc1ccn2c(NC(=O)COc3ccccc3)c(-c3ccccc3C)nc2c1. The maximum atomic E-state index is 12.6. The molecule has 2 aromatic carbocycles. The Bertz CT molecular complexity index is 1130.